The summed E-state index contributed by atoms with van der Waals surface area (Å²) in [6.45, 7) is 5.20. The van der Waals surface area contributed by atoms with Crippen LogP contribution in [0.3, 0.4) is 0 Å². The highest BCUT2D eigenvalue weighted by Crippen LogP contribution is 2.34. The van der Waals surface area contributed by atoms with Crippen LogP contribution in [-0.2, 0) is 4.74 Å². The lowest BCUT2D eigenvalue weighted by Gasteiger charge is -2.18. The van der Waals surface area contributed by atoms with Gasteiger partial charge in [0.05, 0.1) is 4.70 Å². The van der Waals surface area contributed by atoms with Gasteiger partial charge < -0.3 is 14.8 Å². The van der Waals surface area contributed by atoms with E-state index < -0.39 is 17.6 Å². The van der Waals surface area contributed by atoms with E-state index in [4.69, 9.17) is 9.47 Å². The molecule has 0 amide bonds. The van der Waals surface area contributed by atoms with Crippen molar-refractivity contribution in [2.45, 2.75) is 26.4 Å². The Labute approximate surface area is 119 Å². The smallest absolute Gasteiger partial charge is 0.428 e. The molecule has 0 radical (unpaired) electrons. The van der Waals surface area contributed by atoms with Gasteiger partial charge in [-0.1, -0.05) is 11.3 Å². The largest absolute Gasteiger partial charge is 0.514 e. The van der Waals surface area contributed by atoms with Gasteiger partial charge in [-0.3, -0.25) is 0 Å². The van der Waals surface area contributed by atoms with E-state index in [1.54, 1.807) is 27.8 Å². The molecule has 5 nitrogen and oxygen atoms in total. The van der Waals surface area contributed by atoms with Crippen molar-refractivity contribution in [3.8, 4) is 5.75 Å². The first-order chi connectivity index (χ1) is 9.30. The Morgan fingerprint density at radius 3 is 2.70 bits per heavy atom. The topological polar surface area (TPSA) is 60.5 Å². The highest BCUT2D eigenvalue weighted by atomic mass is 32.1. The standard InChI is InChI=1S/C13H15FN2O3S/c1-13(2,3)19-12(17)18-8-6-5-7(14)10-9(8)16-11(15-4)20-10/h5-6H,1-4H3,(H,15,16). The van der Waals surface area contributed by atoms with Crippen LogP contribution in [0.5, 0.6) is 5.75 Å². The number of carbonyl (C=O) groups excluding carboxylic acids is 1. The van der Waals surface area contributed by atoms with Crippen molar-refractivity contribution in [1.29, 1.82) is 0 Å². The Morgan fingerprint density at radius 1 is 1.40 bits per heavy atom. The molecule has 2 aromatic rings. The minimum atomic E-state index is -0.843. The Morgan fingerprint density at radius 2 is 2.10 bits per heavy atom. The summed E-state index contributed by atoms with van der Waals surface area (Å²) in [5.74, 6) is -0.232. The first kappa shape index (κ1) is 14.5. The molecule has 0 aliphatic rings. The number of anilines is 1. The maximum Gasteiger partial charge on any atom is 0.514 e. The minimum Gasteiger partial charge on any atom is -0.428 e. The number of hydrogen-bond acceptors (Lipinski definition) is 6. The molecule has 0 saturated heterocycles. The molecule has 0 unspecified atom stereocenters. The van der Waals surface area contributed by atoms with Crippen molar-refractivity contribution in [3.63, 3.8) is 0 Å². The van der Waals surface area contributed by atoms with Gasteiger partial charge in [0.15, 0.2) is 10.9 Å². The Bertz CT molecular complexity index is 649. The van der Waals surface area contributed by atoms with Gasteiger partial charge in [-0.25, -0.2) is 14.2 Å². The fraction of sp³-hybridized carbons (Fsp3) is 0.385. The normalized spacial score (nSPS) is 11.4. The van der Waals surface area contributed by atoms with E-state index in [1.165, 1.54) is 12.1 Å². The Hall–Kier alpha value is -1.89. The van der Waals surface area contributed by atoms with Crippen LogP contribution >= 0.6 is 11.3 Å². The summed E-state index contributed by atoms with van der Waals surface area (Å²) >= 11 is 1.15. The highest BCUT2D eigenvalue weighted by Gasteiger charge is 2.20. The lowest BCUT2D eigenvalue weighted by molar-refractivity contribution is 0.0209. The molecule has 1 aromatic carbocycles. The first-order valence-electron chi connectivity index (χ1n) is 5.98. The Kier molecular flexibility index (Phi) is 3.80. The number of benzene rings is 1. The van der Waals surface area contributed by atoms with E-state index >= 15 is 0 Å². The predicted molar refractivity (Wildman–Crippen MR) is 76.0 cm³/mol. The number of carbonyl (C=O) groups is 1. The molecule has 7 heteroatoms. The number of halogens is 1. The quantitative estimate of drug-likeness (QED) is 0.675. The number of fused-ring (bicyclic) bond motifs is 1. The summed E-state index contributed by atoms with van der Waals surface area (Å²) in [5, 5.41) is 3.37. The lowest BCUT2D eigenvalue weighted by Crippen LogP contribution is -2.26. The summed E-state index contributed by atoms with van der Waals surface area (Å²) in [7, 11) is 1.68. The van der Waals surface area contributed by atoms with Crippen molar-refractivity contribution in [2.75, 3.05) is 12.4 Å². The number of thiazole rings is 1. The second-order valence-electron chi connectivity index (χ2n) is 5.06. The fourth-order valence-electron chi connectivity index (χ4n) is 1.50. The SMILES string of the molecule is CNc1nc2c(OC(=O)OC(C)(C)C)ccc(F)c2s1. The van der Waals surface area contributed by atoms with Gasteiger partial charge in [-0.15, -0.1) is 0 Å². The fourth-order valence-corrected chi connectivity index (χ4v) is 2.34. The number of ether oxygens (including phenoxy) is 2. The highest BCUT2D eigenvalue weighted by molar-refractivity contribution is 7.22. The van der Waals surface area contributed by atoms with E-state index in [-0.39, 0.29) is 5.75 Å². The van der Waals surface area contributed by atoms with Crippen molar-refractivity contribution in [3.05, 3.63) is 17.9 Å². The van der Waals surface area contributed by atoms with Crippen molar-refractivity contribution < 1.29 is 18.7 Å². The van der Waals surface area contributed by atoms with Crippen molar-refractivity contribution in [1.82, 2.24) is 4.98 Å². The van der Waals surface area contributed by atoms with Crippen LogP contribution in [0.15, 0.2) is 12.1 Å². The second-order valence-corrected chi connectivity index (χ2v) is 6.06. The number of hydrogen-bond donors (Lipinski definition) is 1. The van der Waals surface area contributed by atoms with E-state index in [9.17, 15) is 9.18 Å². The molecule has 0 saturated carbocycles. The third kappa shape index (κ3) is 3.16. The molecular formula is C13H15FN2O3S. The van der Waals surface area contributed by atoms with Crippen LogP contribution in [0, 0.1) is 5.82 Å². The molecule has 20 heavy (non-hydrogen) atoms. The van der Waals surface area contributed by atoms with Crippen LogP contribution in [0.1, 0.15) is 20.8 Å². The third-order valence-corrected chi connectivity index (χ3v) is 3.34. The van der Waals surface area contributed by atoms with Crippen LogP contribution in [0.4, 0.5) is 14.3 Å². The predicted octanol–water partition coefficient (Wildman–Crippen LogP) is 3.79. The van der Waals surface area contributed by atoms with E-state index in [0.29, 0.717) is 15.3 Å². The lowest BCUT2D eigenvalue weighted by atomic mass is 10.2. The van der Waals surface area contributed by atoms with Gasteiger partial charge in [0.2, 0.25) is 0 Å². The zero-order valence-electron chi connectivity index (χ0n) is 11.6. The summed E-state index contributed by atoms with van der Waals surface area (Å²) < 4.78 is 24.2. The maximum absolute atomic E-state index is 13.7. The van der Waals surface area contributed by atoms with Crippen LogP contribution in [0.2, 0.25) is 0 Å². The van der Waals surface area contributed by atoms with E-state index in [0.717, 1.165) is 11.3 Å². The summed E-state index contributed by atoms with van der Waals surface area (Å²) in [5.41, 5.74) is -0.362. The summed E-state index contributed by atoms with van der Waals surface area (Å²) in [6.07, 6.45) is -0.843. The number of rotatable bonds is 2. The molecule has 0 aliphatic carbocycles. The van der Waals surface area contributed by atoms with E-state index in [1.807, 2.05) is 0 Å². The molecule has 0 atom stereocenters. The summed E-state index contributed by atoms with van der Waals surface area (Å²) in [6, 6.07) is 2.60. The molecular weight excluding hydrogens is 283 g/mol. The van der Waals surface area contributed by atoms with Gasteiger partial charge in [-0.05, 0) is 32.9 Å². The number of aromatic nitrogens is 1. The molecule has 0 aliphatic heterocycles. The van der Waals surface area contributed by atoms with Crippen LogP contribution in [-0.4, -0.2) is 23.8 Å². The number of nitrogens with zero attached hydrogens (tertiary/aromatic N) is 1. The zero-order chi connectivity index (χ0) is 14.9. The van der Waals surface area contributed by atoms with Gasteiger partial charge in [-0.2, -0.15) is 0 Å². The van der Waals surface area contributed by atoms with Gasteiger partial charge in [0.25, 0.3) is 0 Å². The van der Waals surface area contributed by atoms with Crippen molar-refractivity contribution in [2.24, 2.45) is 0 Å². The molecule has 0 bridgehead atoms. The Balaban J connectivity index is 2.33. The molecule has 1 N–H and O–H groups in total. The van der Waals surface area contributed by atoms with Crippen LogP contribution in [0.25, 0.3) is 10.2 Å². The molecule has 0 spiro atoms. The van der Waals surface area contributed by atoms with Gasteiger partial charge >= 0.3 is 6.16 Å². The monoisotopic (exact) mass is 298 g/mol. The number of nitrogens with one attached hydrogen (secondary N) is 1. The first-order valence-corrected chi connectivity index (χ1v) is 6.79. The average molecular weight is 298 g/mol. The van der Waals surface area contributed by atoms with E-state index in [2.05, 4.69) is 10.3 Å². The van der Waals surface area contributed by atoms with Gasteiger partial charge in [0, 0.05) is 7.05 Å². The zero-order valence-corrected chi connectivity index (χ0v) is 12.4. The minimum absolute atomic E-state index is 0.174. The molecule has 2 rings (SSSR count). The average Bonchev–Trinajstić information content (AvgIpc) is 2.75. The summed E-state index contributed by atoms with van der Waals surface area (Å²) in [4.78, 5) is 15.8. The molecule has 1 aromatic heterocycles. The maximum atomic E-state index is 13.7. The molecule has 108 valence electrons. The second kappa shape index (κ2) is 5.24. The molecule has 1 heterocycles. The van der Waals surface area contributed by atoms with Crippen LogP contribution < -0.4 is 10.1 Å². The molecule has 0 fully saturated rings. The third-order valence-electron chi connectivity index (χ3n) is 2.26. The van der Waals surface area contributed by atoms with Gasteiger partial charge in [0.1, 0.15) is 16.9 Å². The van der Waals surface area contributed by atoms with Crippen molar-refractivity contribution >= 4 is 32.8 Å².